The van der Waals surface area contributed by atoms with Gasteiger partial charge in [-0.05, 0) is 19.4 Å². The van der Waals surface area contributed by atoms with Crippen LogP contribution in [0.25, 0.3) is 0 Å². The molecule has 0 saturated heterocycles. The van der Waals surface area contributed by atoms with E-state index >= 15 is 0 Å². The lowest BCUT2D eigenvalue weighted by Crippen LogP contribution is -2.05. The molecular formula is C19H20N8O2S. The Morgan fingerprint density at radius 2 is 1.93 bits per heavy atom. The van der Waals surface area contributed by atoms with Crippen molar-refractivity contribution in [2.75, 3.05) is 5.32 Å². The van der Waals surface area contributed by atoms with Crippen LogP contribution in [0, 0.1) is 24.0 Å². The maximum atomic E-state index is 11.1. The third-order valence-electron chi connectivity index (χ3n) is 4.59. The van der Waals surface area contributed by atoms with Gasteiger partial charge in [0.15, 0.2) is 5.82 Å². The molecule has 3 aromatic heterocycles. The fraction of sp³-hybridized carbons (Fsp3) is 0.263. The number of aromatic nitrogens is 6. The number of aryl methyl sites for hydroxylation is 3. The van der Waals surface area contributed by atoms with Crippen LogP contribution in [0.4, 0.5) is 16.6 Å². The first-order valence-corrected chi connectivity index (χ1v) is 10.2. The van der Waals surface area contributed by atoms with Gasteiger partial charge in [0, 0.05) is 25.2 Å². The average Bonchev–Trinajstić information content (AvgIpc) is 3.41. The Balaban J connectivity index is 1.36. The van der Waals surface area contributed by atoms with Gasteiger partial charge in [0.05, 0.1) is 11.5 Å². The van der Waals surface area contributed by atoms with Crippen molar-refractivity contribution >= 4 is 28.0 Å². The summed E-state index contributed by atoms with van der Waals surface area (Å²) in [7, 11) is 0. The number of nitro groups is 1. The summed E-state index contributed by atoms with van der Waals surface area (Å²) < 4.78 is 3.50. The lowest BCUT2D eigenvalue weighted by atomic mass is 10.2. The molecule has 0 unspecified atom stereocenters. The van der Waals surface area contributed by atoms with E-state index in [0.717, 1.165) is 5.01 Å². The van der Waals surface area contributed by atoms with Crippen molar-refractivity contribution < 1.29 is 4.92 Å². The second-order valence-electron chi connectivity index (χ2n) is 6.76. The third-order valence-corrected chi connectivity index (χ3v) is 5.49. The molecule has 11 heteroatoms. The van der Waals surface area contributed by atoms with Crippen LogP contribution in [0.5, 0.6) is 0 Å². The Bertz CT molecular complexity index is 1160. The predicted octanol–water partition coefficient (Wildman–Crippen LogP) is 3.49. The topological polar surface area (TPSA) is 117 Å². The fourth-order valence-corrected chi connectivity index (χ4v) is 3.91. The molecule has 4 aromatic rings. The molecule has 0 fully saturated rings. The first kappa shape index (κ1) is 19.7. The first-order chi connectivity index (χ1) is 14.5. The van der Waals surface area contributed by atoms with E-state index in [4.69, 9.17) is 0 Å². The van der Waals surface area contributed by atoms with Gasteiger partial charge in [0.25, 0.3) is 0 Å². The molecule has 10 nitrogen and oxygen atoms in total. The molecule has 0 amide bonds. The van der Waals surface area contributed by atoms with Gasteiger partial charge in [-0.2, -0.15) is 10.2 Å². The van der Waals surface area contributed by atoms with Gasteiger partial charge < -0.3 is 5.32 Å². The van der Waals surface area contributed by atoms with Crippen molar-refractivity contribution in [1.29, 1.82) is 0 Å². The molecule has 0 atom stereocenters. The minimum absolute atomic E-state index is 0.0701. The summed E-state index contributed by atoms with van der Waals surface area (Å²) in [6.07, 6.45) is 2.49. The standard InChI is InChI=1S/C19H20N8O2S/c1-13-18(27(28)29)14(2)26(23-13)11-9-17-21-22-19(30-17)20-16-8-10-25(24-16)12-15-6-4-3-5-7-15/h3-8,10H,9,11-12H2,1-2H3,(H,20,22,24). The predicted molar refractivity (Wildman–Crippen MR) is 113 cm³/mol. The van der Waals surface area contributed by atoms with E-state index in [1.54, 1.807) is 18.5 Å². The summed E-state index contributed by atoms with van der Waals surface area (Å²) in [5.74, 6) is 0.697. The van der Waals surface area contributed by atoms with Crippen LogP contribution >= 0.6 is 11.3 Å². The number of anilines is 2. The Labute approximate surface area is 176 Å². The third kappa shape index (κ3) is 4.35. The van der Waals surface area contributed by atoms with Gasteiger partial charge in [-0.3, -0.25) is 19.5 Å². The van der Waals surface area contributed by atoms with E-state index in [1.165, 1.54) is 16.9 Å². The zero-order chi connectivity index (χ0) is 21.1. The SMILES string of the molecule is Cc1nn(CCc2nnc(Nc3ccn(Cc4ccccc4)n3)s2)c(C)c1[N+](=O)[O-]. The minimum Gasteiger partial charge on any atom is -0.313 e. The van der Waals surface area contributed by atoms with Crippen LogP contribution in [-0.4, -0.2) is 34.7 Å². The maximum Gasteiger partial charge on any atom is 0.312 e. The Morgan fingerprint density at radius 1 is 1.13 bits per heavy atom. The number of rotatable bonds is 8. The highest BCUT2D eigenvalue weighted by atomic mass is 32.1. The van der Waals surface area contributed by atoms with Crippen molar-refractivity contribution in [3.63, 3.8) is 0 Å². The van der Waals surface area contributed by atoms with E-state index in [0.29, 0.717) is 41.8 Å². The second-order valence-corrected chi connectivity index (χ2v) is 7.82. The van der Waals surface area contributed by atoms with Crippen molar-refractivity contribution in [2.45, 2.75) is 33.4 Å². The monoisotopic (exact) mass is 424 g/mol. The number of hydrogen-bond donors (Lipinski definition) is 1. The summed E-state index contributed by atoms with van der Waals surface area (Å²) >= 11 is 1.43. The van der Waals surface area contributed by atoms with E-state index in [9.17, 15) is 10.1 Å². The lowest BCUT2D eigenvalue weighted by Gasteiger charge is -2.01. The number of benzene rings is 1. The molecule has 0 bridgehead atoms. The summed E-state index contributed by atoms with van der Waals surface area (Å²) in [6.45, 7) is 4.54. The molecule has 0 aliphatic carbocycles. The highest BCUT2D eigenvalue weighted by molar-refractivity contribution is 7.15. The Morgan fingerprint density at radius 3 is 2.67 bits per heavy atom. The van der Waals surface area contributed by atoms with E-state index in [1.807, 2.05) is 35.1 Å². The van der Waals surface area contributed by atoms with E-state index < -0.39 is 4.92 Å². The normalized spacial score (nSPS) is 11.0. The zero-order valence-electron chi connectivity index (χ0n) is 16.5. The quantitative estimate of drug-likeness (QED) is 0.340. The fourth-order valence-electron chi connectivity index (χ4n) is 3.17. The van der Waals surface area contributed by atoms with Crippen molar-refractivity contribution in [2.24, 2.45) is 0 Å². The highest BCUT2D eigenvalue weighted by Crippen LogP contribution is 2.23. The van der Waals surface area contributed by atoms with Crippen LogP contribution < -0.4 is 5.32 Å². The smallest absolute Gasteiger partial charge is 0.312 e. The van der Waals surface area contributed by atoms with Crippen LogP contribution in [0.2, 0.25) is 0 Å². The average molecular weight is 424 g/mol. The maximum absolute atomic E-state index is 11.1. The molecule has 30 heavy (non-hydrogen) atoms. The minimum atomic E-state index is -0.391. The van der Waals surface area contributed by atoms with Gasteiger partial charge in [0.2, 0.25) is 5.13 Å². The molecule has 1 N–H and O–H groups in total. The van der Waals surface area contributed by atoms with Gasteiger partial charge in [0.1, 0.15) is 16.4 Å². The largest absolute Gasteiger partial charge is 0.313 e. The summed E-state index contributed by atoms with van der Waals surface area (Å²) in [5, 5.41) is 32.9. The second kappa shape index (κ2) is 8.41. The van der Waals surface area contributed by atoms with E-state index in [-0.39, 0.29) is 5.69 Å². The molecule has 0 saturated carbocycles. The molecule has 0 radical (unpaired) electrons. The summed E-state index contributed by atoms with van der Waals surface area (Å²) in [5.41, 5.74) is 2.21. The van der Waals surface area contributed by atoms with Gasteiger partial charge in [-0.1, -0.05) is 41.7 Å². The number of hydrogen-bond acceptors (Lipinski definition) is 8. The van der Waals surface area contributed by atoms with Gasteiger partial charge >= 0.3 is 5.69 Å². The molecular weight excluding hydrogens is 404 g/mol. The molecule has 0 aliphatic heterocycles. The Hall–Kier alpha value is -3.60. The van der Waals surface area contributed by atoms with Gasteiger partial charge in [-0.15, -0.1) is 10.2 Å². The van der Waals surface area contributed by atoms with E-state index in [2.05, 4.69) is 37.8 Å². The number of nitrogens with zero attached hydrogens (tertiary/aromatic N) is 7. The first-order valence-electron chi connectivity index (χ1n) is 9.35. The van der Waals surface area contributed by atoms with Crippen LogP contribution in [-0.2, 0) is 19.5 Å². The zero-order valence-corrected chi connectivity index (χ0v) is 17.3. The van der Waals surface area contributed by atoms with Crippen LogP contribution in [0.3, 0.4) is 0 Å². The van der Waals surface area contributed by atoms with Crippen LogP contribution in [0.1, 0.15) is 22.0 Å². The molecule has 3 heterocycles. The lowest BCUT2D eigenvalue weighted by molar-refractivity contribution is -0.386. The van der Waals surface area contributed by atoms with Crippen molar-refractivity contribution in [3.8, 4) is 0 Å². The van der Waals surface area contributed by atoms with Crippen LogP contribution in [0.15, 0.2) is 42.6 Å². The highest BCUT2D eigenvalue weighted by Gasteiger charge is 2.21. The summed E-state index contributed by atoms with van der Waals surface area (Å²) in [4.78, 5) is 10.7. The molecule has 0 spiro atoms. The molecule has 1 aromatic carbocycles. The molecule has 4 rings (SSSR count). The number of nitrogens with one attached hydrogen (secondary N) is 1. The van der Waals surface area contributed by atoms with Crippen molar-refractivity contribution in [3.05, 3.63) is 74.7 Å². The van der Waals surface area contributed by atoms with Gasteiger partial charge in [-0.25, -0.2) is 0 Å². The Kier molecular flexibility index (Phi) is 5.53. The summed E-state index contributed by atoms with van der Waals surface area (Å²) in [6, 6.07) is 12.0. The molecule has 154 valence electrons. The van der Waals surface area contributed by atoms with Crippen molar-refractivity contribution in [1.82, 2.24) is 29.8 Å². The molecule has 0 aliphatic rings.